The van der Waals surface area contributed by atoms with Gasteiger partial charge in [0.15, 0.2) is 0 Å². The standard InChI is InChI=1S/C22H16O2/c23-22(17-11-5-2-6-12-17)24-21-19-14-8-7-13-18(19)15-20(21)16-9-3-1-4-10-16/h1-14H,15H2. The second-order valence-electron chi connectivity index (χ2n) is 5.76. The van der Waals surface area contributed by atoms with Gasteiger partial charge in [0.2, 0.25) is 0 Å². The lowest BCUT2D eigenvalue weighted by atomic mass is 10.0. The maximum atomic E-state index is 12.5. The topological polar surface area (TPSA) is 26.3 Å². The van der Waals surface area contributed by atoms with Crippen molar-refractivity contribution in [3.63, 3.8) is 0 Å². The summed E-state index contributed by atoms with van der Waals surface area (Å²) in [5.41, 5.74) is 4.89. The Morgan fingerprint density at radius 2 is 1.38 bits per heavy atom. The summed E-state index contributed by atoms with van der Waals surface area (Å²) in [4.78, 5) is 12.5. The molecular formula is C22H16O2. The Morgan fingerprint density at radius 1 is 0.750 bits per heavy atom. The molecule has 0 heterocycles. The first-order valence-electron chi connectivity index (χ1n) is 7.97. The van der Waals surface area contributed by atoms with Crippen LogP contribution in [0.3, 0.4) is 0 Å². The Labute approximate surface area is 141 Å². The van der Waals surface area contributed by atoms with E-state index in [1.54, 1.807) is 12.1 Å². The average molecular weight is 312 g/mol. The number of rotatable bonds is 3. The van der Waals surface area contributed by atoms with Crippen molar-refractivity contribution in [2.75, 3.05) is 0 Å². The van der Waals surface area contributed by atoms with E-state index in [4.69, 9.17) is 4.74 Å². The molecule has 3 aromatic carbocycles. The van der Waals surface area contributed by atoms with Crippen LogP contribution in [0.4, 0.5) is 0 Å². The molecule has 116 valence electrons. The third-order valence-electron chi connectivity index (χ3n) is 4.23. The van der Waals surface area contributed by atoms with Gasteiger partial charge in [0, 0.05) is 17.6 Å². The largest absolute Gasteiger partial charge is 0.422 e. The third-order valence-corrected chi connectivity index (χ3v) is 4.23. The van der Waals surface area contributed by atoms with E-state index < -0.39 is 0 Å². The lowest BCUT2D eigenvalue weighted by Crippen LogP contribution is -2.04. The fourth-order valence-electron chi connectivity index (χ4n) is 3.04. The van der Waals surface area contributed by atoms with Crippen molar-refractivity contribution in [3.8, 4) is 0 Å². The summed E-state index contributed by atoms with van der Waals surface area (Å²) in [6.07, 6.45) is 0.775. The summed E-state index contributed by atoms with van der Waals surface area (Å²) >= 11 is 0. The van der Waals surface area contributed by atoms with Gasteiger partial charge in [-0.15, -0.1) is 0 Å². The van der Waals surface area contributed by atoms with Crippen molar-refractivity contribution in [2.45, 2.75) is 6.42 Å². The van der Waals surface area contributed by atoms with Gasteiger partial charge < -0.3 is 4.74 Å². The first-order valence-corrected chi connectivity index (χ1v) is 7.97. The molecule has 0 fully saturated rings. The average Bonchev–Trinajstić information content (AvgIpc) is 3.02. The lowest BCUT2D eigenvalue weighted by molar-refractivity contribution is 0.0693. The number of hydrogen-bond acceptors (Lipinski definition) is 2. The summed E-state index contributed by atoms with van der Waals surface area (Å²) in [6, 6.07) is 27.3. The van der Waals surface area contributed by atoms with Crippen molar-refractivity contribution in [1.82, 2.24) is 0 Å². The number of hydrogen-bond donors (Lipinski definition) is 0. The number of carbonyl (C=O) groups excluding carboxylic acids is 1. The molecule has 24 heavy (non-hydrogen) atoms. The predicted octanol–water partition coefficient (Wildman–Crippen LogP) is 4.97. The van der Waals surface area contributed by atoms with Crippen LogP contribution in [0.15, 0.2) is 84.9 Å². The van der Waals surface area contributed by atoms with E-state index in [1.165, 1.54) is 5.56 Å². The molecule has 0 atom stereocenters. The smallest absolute Gasteiger partial charge is 0.343 e. The molecule has 1 aliphatic carbocycles. The van der Waals surface area contributed by atoms with Crippen LogP contribution in [0.5, 0.6) is 0 Å². The summed E-state index contributed by atoms with van der Waals surface area (Å²) in [5.74, 6) is 0.349. The molecule has 0 N–H and O–H groups in total. The summed E-state index contributed by atoms with van der Waals surface area (Å²) < 4.78 is 5.83. The minimum Gasteiger partial charge on any atom is -0.422 e. The highest BCUT2D eigenvalue weighted by molar-refractivity contribution is 6.01. The van der Waals surface area contributed by atoms with Crippen LogP contribution in [0.1, 0.15) is 27.0 Å². The summed E-state index contributed by atoms with van der Waals surface area (Å²) in [6.45, 7) is 0. The number of fused-ring (bicyclic) bond motifs is 1. The van der Waals surface area contributed by atoms with Gasteiger partial charge in [-0.05, 0) is 23.3 Å². The Bertz CT molecular complexity index is 909. The second kappa shape index (κ2) is 6.17. The van der Waals surface area contributed by atoms with E-state index in [2.05, 4.69) is 18.2 Å². The maximum absolute atomic E-state index is 12.5. The summed E-state index contributed by atoms with van der Waals surface area (Å²) in [5, 5.41) is 0. The molecule has 0 spiro atoms. The Hall–Kier alpha value is -3.13. The highest BCUT2D eigenvalue weighted by Crippen LogP contribution is 2.39. The van der Waals surface area contributed by atoms with Crippen molar-refractivity contribution in [2.24, 2.45) is 0 Å². The fraction of sp³-hybridized carbons (Fsp3) is 0.0455. The Morgan fingerprint density at radius 3 is 2.12 bits per heavy atom. The molecule has 0 saturated heterocycles. The first kappa shape index (κ1) is 14.5. The zero-order valence-electron chi connectivity index (χ0n) is 13.1. The number of ether oxygens (including phenoxy) is 1. The van der Waals surface area contributed by atoms with Crippen LogP contribution < -0.4 is 0 Å². The molecule has 1 aliphatic rings. The minimum absolute atomic E-state index is 0.323. The normalized spacial score (nSPS) is 12.8. The van der Waals surface area contributed by atoms with E-state index >= 15 is 0 Å². The number of carbonyl (C=O) groups is 1. The predicted molar refractivity (Wildman–Crippen MR) is 95.3 cm³/mol. The molecule has 2 heteroatoms. The molecule has 3 aromatic rings. The van der Waals surface area contributed by atoms with E-state index in [-0.39, 0.29) is 5.97 Å². The minimum atomic E-state index is -0.323. The number of esters is 1. The van der Waals surface area contributed by atoms with Crippen LogP contribution >= 0.6 is 0 Å². The van der Waals surface area contributed by atoms with Gasteiger partial charge in [0.1, 0.15) is 5.76 Å². The van der Waals surface area contributed by atoms with Crippen LogP contribution in [0.2, 0.25) is 0 Å². The van der Waals surface area contributed by atoms with Gasteiger partial charge in [-0.3, -0.25) is 0 Å². The van der Waals surface area contributed by atoms with Gasteiger partial charge in [-0.1, -0.05) is 72.8 Å². The third kappa shape index (κ3) is 2.63. The van der Waals surface area contributed by atoms with Gasteiger partial charge in [-0.2, -0.15) is 0 Å². The van der Waals surface area contributed by atoms with E-state index in [9.17, 15) is 4.79 Å². The van der Waals surface area contributed by atoms with E-state index in [0.717, 1.165) is 23.1 Å². The Kier molecular flexibility index (Phi) is 3.72. The lowest BCUT2D eigenvalue weighted by Gasteiger charge is -2.10. The van der Waals surface area contributed by atoms with Crippen molar-refractivity contribution in [1.29, 1.82) is 0 Å². The van der Waals surface area contributed by atoms with Crippen LogP contribution in [-0.4, -0.2) is 5.97 Å². The van der Waals surface area contributed by atoms with Crippen molar-refractivity contribution >= 4 is 17.3 Å². The van der Waals surface area contributed by atoms with Crippen LogP contribution in [0, 0.1) is 0 Å². The highest BCUT2D eigenvalue weighted by Gasteiger charge is 2.26. The SMILES string of the molecule is O=C(OC1=C(c2ccccc2)Cc2ccccc21)c1ccccc1. The quantitative estimate of drug-likeness (QED) is 0.638. The zero-order valence-corrected chi connectivity index (χ0v) is 13.1. The van der Waals surface area contributed by atoms with Gasteiger partial charge in [0.25, 0.3) is 0 Å². The molecule has 0 unspecified atom stereocenters. The molecular weight excluding hydrogens is 296 g/mol. The van der Waals surface area contributed by atoms with E-state index in [0.29, 0.717) is 11.3 Å². The van der Waals surface area contributed by atoms with Gasteiger partial charge >= 0.3 is 5.97 Å². The number of benzene rings is 3. The number of allylic oxidation sites excluding steroid dienone is 1. The zero-order chi connectivity index (χ0) is 16.4. The van der Waals surface area contributed by atoms with Crippen molar-refractivity contribution < 1.29 is 9.53 Å². The molecule has 0 saturated carbocycles. The van der Waals surface area contributed by atoms with Crippen molar-refractivity contribution in [3.05, 3.63) is 107 Å². The van der Waals surface area contributed by atoms with Crippen LogP contribution in [0.25, 0.3) is 11.3 Å². The van der Waals surface area contributed by atoms with Crippen LogP contribution in [-0.2, 0) is 11.2 Å². The fourth-order valence-corrected chi connectivity index (χ4v) is 3.04. The highest BCUT2D eigenvalue weighted by atomic mass is 16.5. The van der Waals surface area contributed by atoms with Gasteiger partial charge in [-0.25, -0.2) is 4.79 Å². The van der Waals surface area contributed by atoms with E-state index in [1.807, 2.05) is 54.6 Å². The molecule has 0 aromatic heterocycles. The molecule has 0 aliphatic heterocycles. The molecule has 4 rings (SSSR count). The first-order chi connectivity index (χ1) is 11.8. The second-order valence-corrected chi connectivity index (χ2v) is 5.76. The summed E-state index contributed by atoms with van der Waals surface area (Å²) in [7, 11) is 0. The molecule has 2 nitrogen and oxygen atoms in total. The van der Waals surface area contributed by atoms with Gasteiger partial charge in [0.05, 0.1) is 5.56 Å². The Balaban J connectivity index is 1.76. The maximum Gasteiger partial charge on any atom is 0.343 e. The molecule has 0 bridgehead atoms. The molecule has 0 radical (unpaired) electrons. The monoisotopic (exact) mass is 312 g/mol. The molecule has 0 amide bonds.